The lowest BCUT2D eigenvalue weighted by molar-refractivity contribution is -0.163. The van der Waals surface area contributed by atoms with E-state index < -0.39 is 28.2 Å². The van der Waals surface area contributed by atoms with E-state index in [2.05, 4.69) is 9.71 Å². The standard InChI is InChI=1S/C25H29N3O5S/c1-28-13-20(18-5-6-26-22(18)24(28)30)19-9-17(27-34(2,31)32)3-4-21(19)33-25-10-14-7-15(11-25)23(29)16(8-14)12-25/h3-6,9,13-16,23,26-27,29H,7-8,10-12H2,1-2H3/i1D3. The number of ether oxygens (including phenoxy) is 1. The van der Waals surface area contributed by atoms with Crippen molar-refractivity contribution in [1.82, 2.24) is 9.55 Å². The van der Waals surface area contributed by atoms with E-state index in [-0.39, 0.29) is 23.5 Å². The van der Waals surface area contributed by atoms with Gasteiger partial charge in [-0.1, -0.05) is 0 Å². The third kappa shape index (κ3) is 3.53. The maximum atomic E-state index is 12.9. The molecular weight excluding hydrogens is 454 g/mol. The van der Waals surface area contributed by atoms with Gasteiger partial charge in [-0.05, 0) is 74.1 Å². The lowest BCUT2D eigenvalue weighted by Crippen LogP contribution is -2.59. The number of fused-ring (bicyclic) bond motifs is 1. The highest BCUT2D eigenvalue weighted by molar-refractivity contribution is 7.92. The molecular formula is C25H29N3O5S. The Hall–Kier alpha value is -2.78. The largest absolute Gasteiger partial charge is 0.487 e. The summed E-state index contributed by atoms with van der Waals surface area (Å²) in [4.78, 5) is 15.8. The Morgan fingerprint density at radius 3 is 2.68 bits per heavy atom. The number of aliphatic hydroxyl groups excluding tert-OH is 1. The third-order valence-corrected chi connectivity index (χ3v) is 8.40. The van der Waals surface area contributed by atoms with Gasteiger partial charge in [0.05, 0.1) is 12.4 Å². The van der Waals surface area contributed by atoms with Crippen LogP contribution in [-0.2, 0) is 17.0 Å². The Labute approximate surface area is 202 Å². The molecule has 0 spiro atoms. The number of hydrogen-bond acceptors (Lipinski definition) is 5. The van der Waals surface area contributed by atoms with Crippen LogP contribution in [0.4, 0.5) is 5.69 Å². The minimum Gasteiger partial charge on any atom is -0.487 e. The van der Waals surface area contributed by atoms with Gasteiger partial charge in [-0.25, -0.2) is 8.42 Å². The molecule has 4 aliphatic carbocycles. The maximum Gasteiger partial charge on any atom is 0.274 e. The highest BCUT2D eigenvalue weighted by atomic mass is 32.2. The summed E-state index contributed by atoms with van der Waals surface area (Å²) in [7, 11) is -3.58. The molecule has 3 N–H and O–H groups in total. The molecule has 0 amide bonds. The molecule has 4 bridgehead atoms. The van der Waals surface area contributed by atoms with Crippen molar-refractivity contribution in [2.45, 2.75) is 43.8 Å². The zero-order valence-electron chi connectivity index (χ0n) is 21.7. The molecule has 2 atom stereocenters. The number of hydrogen-bond donors (Lipinski definition) is 3. The van der Waals surface area contributed by atoms with Crippen molar-refractivity contribution in [3.05, 3.63) is 47.0 Å². The van der Waals surface area contributed by atoms with Crippen molar-refractivity contribution in [2.75, 3.05) is 11.0 Å². The summed E-state index contributed by atoms with van der Waals surface area (Å²) >= 11 is 0. The number of anilines is 1. The molecule has 0 radical (unpaired) electrons. The predicted molar refractivity (Wildman–Crippen MR) is 130 cm³/mol. The lowest BCUT2D eigenvalue weighted by atomic mass is 9.53. The zero-order valence-corrected chi connectivity index (χ0v) is 19.6. The Morgan fingerprint density at radius 1 is 1.21 bits per heavy atom. The van der Waals surface area contributed by atoms with E-state index in [4.69, 9.17) is 8.85 Å². The van der Waals surface area contributed by atoms with Crippen LogP contribution in [-0.4, -0.2) is 41.0 Å². The number of aryl methyl sites for hydroxylation is 1. The number of pyridine rings is 1. The van der Waals surface area contributed by atoms with Crippen LogP contribution in [0.5, 0.6) is 5.75 Å². The summed E-state index contributed by atoms with van der Waals surface area (Å²) in [5.41, 5.74) is 0.217. The number of aromatic nitrogens is 2. The first kappa shape index (κ1) is 18.5. The zero-order chi connectivity index (χ0) is 26.3. The second kappa shape index (κ2) is 7.36. The van der Waals surface area contributed by atoms with E-state index >= 15 is 0 Å². The monoisotopic (exact) mass is 486 g/mol. The number of nitrogens with zero attached hydrogens (tertiary/aromatic N) is 1. The molecule has 8 nitrogen and oxygen atoms in total. The van der Waals surface area contributed by atoms with Crippen LogP contribution in [0.3, 0.4) is 0 Å². The average molecular weight is 487 g/mol. The van der Waals surface area contributed by atoms with Crippen molar-refractivity contribution < 1.29 is 22.4 Å². The summed E-state index contributed by atoms with van der Waals surface area (Å²) in [6, 6.07) is 6.61. The Morgan fingerprint density at radius 2 is 1.97 bits per heavy atom. The molecule has 2 unspecified atom stereocenters. The number of nitrogens with one attached hydrogen (secondary N) is 2. The van der Waals surface area contributed by atoms with Crippen LogP contribution in [0.15, 0.2) is 41.5 Å². The first-order chi connectivity index (χ1) is 17.3. The van der Waals surface area contributed by atoms with Crippen LogP contribution < -0.4 is 15.0 Å². The summed E-state index contributed by atoms with van der Waals surface area (Å²) in [5.74, 6) is 1.35. The van der Waals surface area contributed by atoms with Crippen LogP contribution in [0.25, 0.3) is 22.0 Å². The van der Waals surface area contributed by atoms with E-state index in [0.717, 1.165) is 38.4 Å². The minimum atomic E-state index is -3.58. The molecule has 4 aliphatic rings. The molecule has 7 rings (SSSR count). The molecule has 2 aromatic heterocycles. The molecule has 3 aromatic rings. The maximum absolute atomic E-state index is 12.9. The van der Waals surface area contributed by atoms with Crippen LogP contribution in [0.2, 0.25) is 0 Å². The van der Waals surface area contributed by atoms with Gasteiger partial charge in [0.2, 0.25) is 10.0 Å². The lowest BCUT2D eigenvalue weighted by Gasteiger charge is -2.58. The number of aromatic amines is 1. The van der Waals surface area contributed by atoms with Gasteiger partial charge in [0.25, 0.3) is 5.56 Å². The SMILES string of the molecule is [2H]C([2H])([2H])n1cc(-c2cc(NS(C)(=O)=O)ccc2OC23CC4CC(C2)C(O)C(C4)C3)c2cc[nH]c2c1=O. The molecule has 0 saturated heterocycles. The van der Waals surface area contributed by atoms with E-state index in [1.165, 1.54) is 6.20 Å². The van der Waals surface area contributed by atoms with Gasteiger partial charge in [-0.15, -0.1) is 0 Å². The average Bonchev–Trinajstić information content (AvgIpc) is 3.27. The quantitative estimate of drug-likeness (QED) is 0.513. The normalized spacial score (nSPS) is 31.8. The highest BCUT2D eigenvalue weighted by Crippen LogP contribution is 2.57. The summed E-state index contributed by atoms with van der Waals surface area (Å²) in [6.45, 7) is -2.72. The van der Waals surface area contributed by atoms with Gasteiger partial charge in [0.1, 0.15) is 16.9 Å². The minimum absolute atomic E-state index is 0.138. The van der Waals surface area contributed by atoms with Crippen molar-refractivity contribution in [3.8, 4) is 16.9 Å². The fourth-order valence-corrected chi connectivity index (χ4v) is 7.31. The molecule has 1 aromatic carbocycles. The van der Waals surface area contributed by atoms with E-state index in [0.29, 0.717) is 38.4 Å². The number of sulfonamides is 1. The van der Waals surface area contributed by atoms with E-state index in [9.17, 15) is 18.3 Å². The van der Waals surface area contributed by atoms with Gasteiger partial charge in [0, 0.05) is 45.7 Å². The van der Waals surface area contributed by atoms with Crippen LogP contribution in [0.1, 0.15) is 36.2 Å². The second-order valence-corrected chi connectivity index (χ2v) is 12.1. The Kier molecular flexibility index (Phi) is 4.01. The van der Waals surface area contributed by atoms with Gasteiger partial charge in [-0.3, -0.25) is 9.52 Å². The van der Waals surface area contributed by atoms with Crippen LogP contribution >= 0.6 is 0 Å². The Balaban J connectivity index is 1.52. The summed E-state index contributed by atoms with van der Waals surface area (Å²) in [5, 5.41) is 11.2. The third-order valence-electron chi connectivity index (χ3n) is 7.79. The molecule has 9 heteroatoms. The predicted octanol–water partition coefficient (Wildman–Crippen LogP) is 3.22. The second-order valence-electron chi connectivity index (χ2n) is 10.3. The van der Waals surface area contributed by atoms with Crippen molar-refractivity contribution in [2.24, 2.45) is 24.7 Å². The topological polar surface area (TPSA) is 113 Å². The molecule has 4 fully saturated rings. The van der Waals surface area contributed by atoms with Crippen molar-refractivity contribution in [1.29, 1.82) is 0 Å². The summed E-state index contributed by atoms with van der Waals surface area (Å²) < 4.78 is 57.6. The number of H-pyrrole nitrogens is 1. The van der Waals surface area contributed by atoms with Gasteiger partial charge < -0.3 is 19.4 Å². The molecule has 4 saturated carbocycles. The number of benzene rings is 1. The molecule has 2 heterocycles. The fourth-order valence-electron chi connectivity index (χ4n) is 6.75. The van der Waals surface area contributed by atoms with Gasteiger partial charge >= 0.3 is 0 Å². The first-order valence-electron chi connectivity index (χ1n) is 13.0. The molecule has 34 heavy (non-hydrogen) atoms. The molecule has 0 aliphatic heterocycles. The highest BCUT2D eigenvalue weighted by Gasteiger charge is 2.56. The van der Waals surface area contributed by atoms with Crippen molar-refractivity contribution >= 4 is 26.6 Å². The number of aliphatic hydroxyl groups is 1. The van der Waals surface area contributed by atoms with Gasteiger partial charge in [0.15, 0.2) is 0 Å². The summed E-state index contributed by atoms with van der Waals surface area (Å²) in [6.07, 6.45) is 7.95. The van der Waals surface area contributed by atoms with E-state index in [1.54, 1.807) is 30.5 Å². The van der Waals surface area contributed by atoms with Gasteiger partial charge in [-0.2, -0.15) is 0 Å². The first-order valence-corrected chi connectivity index (χ1v) is 13.4. The smallest absolute Gasteiger partial charge is 0.274 e. The molecule has 180 valence electrons. The van der Waals surface area contributed by atoms with Crippen molar-refractivity contribution in [3.63, 3.8) is 0 Å². The fraction of sp³-hybridized carbons (Fsp3) is 0.480. The van der Waals surface area contributed by atoms with Crippen LogP contribution in [0, 0.1) is 17.8 Å². The van der Waals surface area contributed by atoms with E-state index in [1.807, 2.05) is 0 Å². The Bertz CT molecular complexity index is 1550. The number of rotatable bonds is 5.